The van der Waals surface area contributed by atoms with Crippen LogP contribution in [0.15, 0.2) is 30.3 Å². The molecule has 0 fully saturated rings. The summed E-state index contributed by atoms with van der Waals surface area (Å²) < 4.78 is 35.0. The molecule has 0 aliphatic rings. The lowest BCUT2D eigenvalue weighted by molar-refractivity contribution is 0.135. The molecule has 0 spiro atoms. The van der Waals surface area contributed by atoms with Crippen molar-refractivity contribution < 1.29 is 22.5 Å². The highest BCUT2D eigenvalue weighted by molar-refractivity contribution is 7.85. The monoisotopic (exact) mass is 301 g/mol. The highest BCUT2D eigenvalue weighted by Gasteiger charge is 2.14. The third kappa shape index (κ3) is 7.10. The maximum Gasteiger partial charge on any atom is 0.407 e. The highest BCUT2D eigenvalue weighted by atomic mass is 32.2. The summed E-state index contributed by atoms with van der Waals surface area (Å²) in [4.78, 5) is 11.6. The van der Waals surface area contributed by atoms with Crippen LogP contribution in [-0.2, 0) is 21.5 Å². The molecule has 1 aromatic carbocycles. The van der Waals surface area contributed by atoms with E-state index in [4.69, 9.17) is 9.29 Å². The lowest BCUT2D eigenvalue weighted by Crippen LogP contribution is -2.36. The van der Waals surface area contributed by atoms with Gasteiger partial charge in [-0.25, -0.2) is 4.79 Å². The van der Waals surface area contributed by atoms with Gasteiger partial charge >= 0.3 is 6.09 Å². The summed E-state index contributed by atoms with van der Waals surface area (Å²) in [6.07, 6.45) is 0.0992. The second-order valence-electron chi connectivity index (χ2n) is 4.39. The maximum atomic E-state index is 11.6. The Kier molecular flexibility index (Phi) is 6.47. The minimum atomic E-state index is -4.01. The molecule has 2 N–H and O–H groups in total. The third-order valence-electron chi connectivity index (χ3n) is 2.75. The van der Waals surface area contributed by atoms with Gasteiger partial charge in [0.05, 0.1) is 5.75 Å². The number of rotatable bonds is 7. The molecule has 0 saturated carbocycles. The van der Waals surface area contributed by atoms with Crippen molar-refractivity contribution in [2.75, 3.05) is 5.75 Å². The number of hydrogen-bond acceptors (Lipinski definition) is 4. The van der Waals surface area contributed by atoms with Crippen LogP contribution < -0.4 is 5.32 Å². The van der Waals surface area contributed by atoms with Gasteiger partial charge in [-0.15, -0.1) is 0 Å². The van der Waals surface area contributed by atoms with Gasteiger partial charge in [-0.1, -0.05) is 37.3 Å². The van der Waals surface area contributed by atoms with Crippen LogP contribution in [0.2, 0.25) is 0 Å². The number of carbonyl (C=O) groups excluding carboxylic acids is 1. The largest absolute Gasteiger partial charge is 0.445 e. The Morgan fingerprint density at radius 2 is 2.00 bits per heavy atom. The fourth-order valence-electron chi connectivity index (χ4n) is 1.60. The van der Waals surface area contributed by atoms with Crippen LogP contribution in [0.5, 0.6) is 0 Å². The molecule has 1 atom stereocenters. The maximum absolute atomic E-state index is 11.6. The summed E-state index contributed by atoms with van der Waals surface area (Å²) in [6.45, 7) is 1.97. The molecular weight excluding hydrogens is 282 g/mol. The van der Waals surface area contributed by atoms with Gasteiger partial charge in [0.1, 0.15) is 6.61 Å². The van der Waals surface area contributed by atoms with Gasteiger partial charge in [-0.3, -0.25) is 4.55 Å². The molecular formula is C13H19NO5S. The minimum absolute atomic E-state index is 0.149. The van der Waals surface area contributed by atoms with E-state index in [0.29, 0.717) is 6.42 Å². The van der Waals surface area contributed by atoms with E-state index in [0.717, 1.165) is 5.56 Å². The molecule has 20 heavy (non-hydrogen) atoms. The number of amides is 1. The molecule has 0 heterocycles. The van der Waals surface area contributed by atoms with E-state index in [1.807, 2.05) is 37.3 Å². The fraction of sp³-hybridized carbons (Fsp3) is 0.462. The van der Waals surface area contributed by atoms with E-state index in [1.165, 1.54) is 0 Å². The second kappa shape index (κ2) is 7.86. The minimum Gasteiger partial charge on any atom is -0.445 e. The number of hydrogen-bond donors (Lipinski definition) is 2. The summed E-state index contributed by atoms with van der Waals surface area (Å²) in [6, 6.07) is 8.88. The van der Waals surface area contributed by atoms with Gasteiger partial charge in [-0.2, -0.15) is 8.42 Å². The Morgan fingerprint density at radius 3 is 2.55 bits per heavy atom. The van der Waals surface area contributed by atoms with Crippen molar-refractivity contribution in [1.29, 1.82) is 0 Å². The van der Waals surface area contributed by atoms with Crippen LogP contribution in [0.3, 0.4) is 0 Å². The zero-order valence-electron chi connectivity index (χ0n) is 11.3. The molecule has 0 radical (unpaired) electrons. The van der Waals surface area contributed by atoms with E-state index in [2.05, 4.69) is 5.32 Å². The Morgan fingerprint density at radius 1 is 1.35 bits per heavy atom. The Hall–Kier alpha value is -1.60. The average molecular weight is 301 g/mol. The first-order valence-corrected chi connectivity index (χ1v) is 7.94. The molecule has 1 aromatic rings. The van der Waals surface area contributed by atoms with Gasteiger partial charge in [0.15, 0.2) is 0 Å². The lowest BCUT2D eigenvalue weighted by atomic mass is 10.2. The van der Waals surface area contributed by atoms with Crippen molar-refractivity contribution in [1.82, 2.24) is 5.32 Å². The van der Waals surface area contributed by atoms with Crippen molar-refractivity contribution >= 4 is 16.2 Å². The molecule has 1 amide bonds. The summed E-state index contributed by atoms with van der Waals surface area (Å²) >= 11 is 0. The summed E-state index contributed by atoms with van der Waals surface area (Å²) in [5, 5.41) is 2.57. The Balaban J connectivity index is 2.36. The van der Waals surface area contributed by atoms with Crippen LogP contribution in [-0.4, -0.2) is 30.9 Å². The van der Waals surface area contributed by atoms with E-state index < -0.39 is 16.2 Å². The van der Waals surface area contributed by atoms with Gasteiger partial charge < -0.3 is 10.1 Å². The predicted molar refractivity (Wildman–Crippen MR) is 74.9 cm³/mol. The van der Waals surface area contributed by atoms with Gasteiger partial charge in [0, 0.05) is 6.04 Å². The summed E-state index contributed by atoms with van der Waals surface area (Å²) in [5.41, 5.74) is 0.869. The molecule has 0 aliphatic carbocycles. The second-order valence-corrected chi connectivity index (χ2v) is 5.96. The van der Waals surface area contributed by atoms with Crippen molar-refractivity contribution in [3.05, 3.63) is 35.9 Å². The van der Waals surface area contributed by atoms with Gasteiger partial charge in [0.25, 0.3) is 10.1 Å². The number of benzene rings is 1. The molecule has 1 unspecified atom stereocenters. The zero-order chi connectivity index (χ0) is 15.0. The highest BCUT2D eigenvalue weighted by Crippen LogP contribution is 2.03. The van der Waals surface area contributed by atoms with Gasteiger partial charge in [-0.05, 0) is 18.4 Å². The van der Waals surface area contributed by atoms with Crippen LogP contribution in [0.1, 0.15) is 25.3 Å². The van der Waals surface area contributed by atoms with E-state index in [-0.39, 0.29) is 24.8 Å². The quantitative estimate of drug-likeness (QED) is 0.751. The molecule has 6 nitrogen and oxygen atoms in total. The van der Waals surface area contributed by atoms with E-state index in [1.54, 1.807) is 0 Å². The first-order chi connectivity index (χ1) is 9.40. The van der Waals surface area contributed by atoms with Crippen LogP contribution in [0, 0.1) is 0 Å². The Bertz CT molecular complexity index is 515. The van der Waals surface area contributed by atoms with E-state index in [9.17, 15) is 13.2 Å². The lowest BCUT2D eigenvalue weighted by Gasteiger charge is -2.16. The smallest absolute Gasteiger partial charge is 0.407 e. The van der Waals surface area contributed by atoms with Crippen molar-refractivity contribution in [3.8, 4) is 0 Å². The standard InChI is InChI=1S/C13H19NO5S/c1-2-12(8-9-20(16,17)18)14-13(15)19-10-11-6-4-3-5-7-11/h3-7,12H,2,8-10H2,1H3,(H,14,15)(H,16,17,18). The Labute approximate surface area is 118 Å². The van der Waals surface area contributed by atoms with Crippen LogP contribution in [0.25, 0.3) is 0 Å². The summed E-state index contributed by atoms with van der Waals surface area (Å²) in [7, 11) is -4.01. The molecule has 7 heteroatoms. The van der Waals surface area contributed by atoms with Crippen LogP contribution >= 0.6 is 0 Å². The number of carbonyl (C=O) groups is 1. The number of nitrogens with one attached hydrogen (secondary N) is 1. The van der Waals surface area contributed by atoms with E-state index >= 15 is 0 Å². The average Bonchev–Trinajstić information content (AvgIpc) is 2.41. The normalized spacial score (nSPS) is 12.7. The van der Waals surface area contributed by atoms with Crippen LogP contribution in [0.4, 0.5) is 4.79 Å². The third-order valence-corrected chi connectivity index (χ3v) is 3.50. The molecule has 0 aromatic heterocycles. The van der Waals surface area contributed by atoms with Crippen molar-refractivity contribution in [2.24, 2.45) is 0 Å². The fourth-order valence-corrected chi connectivity index (χ4v) is 2.18. The first kappa shape index (κ1) is 16.5. The summed E-state index contributed by atoms with van der Waals surface area (Å²) in [5.74, 6) is -0.384. The molecule has 0 saturated heterocycles. The first-order valence-electron chi connectivity index (χ1n) is 6.33. The predicted octanol–water partition coefficient (Wildman–Crippen LogP) is 1.97. The number of ether oxygens (including phenoxy) is 1. The van der Waals surface area contributed by atoms with Crippen molar-refractivity contribution in [3.63, 3.8) is 0 Å². The topological polar surface area (TPSA) is 92.7 Å². The van der Waals surface area contributed by atoms with Crippen molar-refractivity contribution in [2.45, 2.75) is 32.4 Å². The zero-order valence-corrected chi connectivity index (χ0v) is 12.1. The van der Waals surface area contributed by atoms with Gasteiger partial charge in [0.2, 0.25) is 0 Å². The molecule has 112 valence electrons. The molecule has 0 bridgehead atoms. The molecule has 1 rings (SSSR count). The SMILES string of the molecule is CCC(CCS(=O)(=O)O)NC(=O)OCc1ccccc1. The number of alkyl carbamates (subject to hydrolysis) is 1. The molecule has 0 aliphatic heterocycles.